The molecule has 8 heteroatoms. The van der Waals surface area contributed by atoms with E-state index in [2.05, 4.69) is 15.5 Å². The van der Waals surface area contributed by atoms with E-state index < -0.39 is 0 Å². The van der Waals surface area contributed by atoms with Gasteiger partial charge in [0.2, 0.25) is 5.91 Å². The van der Waals surface area contributed by atoms with Crippen LogP contribution in [0.3, 0.4) is 0 Å². The molecule has 0 bridgehead atoms. The summed E-state index contributed by atoms with van der Waals surface area (Å²) in [6.07, 6.45) is 1.65. The zero-order valence-electron chi connectivity index (χ0n) is 16.4. The highest BCUT2D eigenvalue weighted by Crippen LogP contribution is 2.29. The number of carbonyl (C=O) groups is 1. The Balaban J connectivity index is 1.34. The molecule has 0 aliphatic carbocycles. The van der Waals surface area contributed by atoms with Crippen LogP contribution in [0.25, 0.3) is 21.5 Å². The van der Waals surface area contributed by atoms with Crippen molar-refractivity contribution >= 4 is 45.5 Å². The van der Waals surface area contributed by atoms with E-state index in [0.29, 0.717) is 11.7 Å². The predicted molar refractivity (Wildman–Crippen MR) is 124 cm³/mol. The molecule has 0 aliphatic rings. The molecule has 1 N–H and O–H groups in total. The molecule has 5 rings (SSSR count). The Morgan fingerprint density at radius 2 is 1.94 bits per heavy atom. The number of aromatic nitrogens is 3. The molecule has 0 saturated heterocycles. The Labute approximate surface area is 186 Å². The molecule has 154 valence electrons. The molecule has 0 spiro atoms. The fourth-order valence-corrected chi connectivity index (χ4v) is 4.79. The van der Waals surface area contributed by atoms with E-state index in [0.717, 1.165) is 32.9 Å². The number of nitrogens with zero attached hydrogens (tertiary/aromatic N) is 3. The Morgan fingerprint density at radius 1 is 1.03 bits per heavy atom. The Hall–Kier alpha value is -3.36. The van der Waals surface area contributed by atoms with Gasteiger partial charge in [0, 0.05) is 11.1 Å². The van der Waals surface area contributed by atoms with Crippen LogP contribution in [0.4, 0.5) is 5.69 Å². The van der Waals surface area contributed by atoms with Crippen molar-refractivity contribution in [1.29, 1.82) is 0 Å². The lowest BCUT2D eigenvalue weighted by molar-refractivity contribution is -0.113. The summed E-state index contributed by atoms with van der Waals surface area (Å²) in [7, 11) is 0. The second kappa shape index (κ2) is 8.79. The van der Waals surface area contributed by atoms with Crippen LogP contribution in [0.1, 0.15) is 5.76 Å². The van der Waals surface area contributed by atoms with Crippen molar-refractivity contribution < 1.29 is 9.21 Å². The van der Waals surface area contributed by atoms with Crippen LogP contribution < -0.4 is 5.32 Å². The Bertz CT molecular complexity index is 1310. The van der Waals surface area contributed by atoms with Crippen LogP contribution in [0.15, 0.2) is 87.9 Å². The van der Waals surface area contributed by atoms with E-state index in [1.54, 1.807) is 17.6 Å². The molecule has 0 unspecified atom stereocenters. The normalized spacial score (nSPS) is 11.1. The van der Waals surface area contributed by atoms with Crippen molar-refractivity contribution in [2.45, 2.75) is 11.7 Å². The van der Waals surface area contributed by atoms with Crippen molar-refractivity contribution in [1.82, 2.24) is 14.8 Å². The molecule has 31 heavy (non-hydrogen) atoms. The molecular formula is C23H18N4O2S2. The number of anilines is 1. The average Bonchev–Trinajstić information content (AvgIpc) is 3.56. The summed E-state index contributed by atoms with van der Waals surface area (Å²) in [6.45, 7) is 0.501. The largest absolute Gasteiger partial charge is 0.467 e. The molecule has 3 aromatic heterocycles. The predicted octanol–water partition coefficient (Wildman–Crippen LogP) is 5.53. The SMILES string of the molecule is O=C(CSc1nnc(-c2cccs2)n1Cc1ccco1)Nc1cccc2ccccc12. The first-order valence-corrected chi connectivity index (χ1v) is 11.5. The fraction of sp³-hybridized carbons (Fsp3) is 0.0870. The van der Waals surface area contributed by atoms with Gasteiger partial charge in [0.05, 0.1) is 23.4 Å². The van der Waals surface area contributed by atoms with Crippen LogP contribution in [0, 0.1) is 0 Å². The number of thioether (sulfide) groups is 1. The molecule has 6 nitrogen and oxygen atoms in total. The summed E-state index contributed by atoms with van der Waals surface area (Å²) in [5.74, 6) is 1.71. The van der Waals surface area contributed by atoms with E-state index in [1.165, 1.54) is 11.8 Å². The highest BCUT2D eigenvalue weighted by molar-refractivity contribution is 7.99. The minimum Gasteiger partial charge on any atom is -0.467 e. The second-order valence-electron chi connectivity index (χ2n) is 6.81. The number of furan rings is 1. The van der Waals surface area contributed by atoms with Gasteiger partial charge in [-0.2, -0.15) is 0 Å². The van der Waals surface area contributed by atoms with Gasteiger partial charge >= 0.3 is 0 Å². The first-order valence-electron chi connectivity index (χ1n) is 9.68. The number of thiophene rings is 1. The van der Waals surface area contributed by atoms with E-state index in [-0.39, 0.29) is 11.7 Å². The van der Waals surface area contributed by atoms with E-state index in [4.69, 9.17) is 4.42 Å². The van der Waals surface area contributed by atoms with E-state index in [9.17, 15) is 4.79 Å². The molecule has 3 heterocycles. The van der Waals surface area contributed by atoms with Crippen molar-refractivity contribution in [2.75, 3.05) is 11.1 Å². The minimum atomic E-state index is -0.0911. The molecule has 0 aliphatic heterocycles. The van der Waals surface area contributed by atoms with Gasteiger partial charge in [-0.05, 0) is 35.0 Å². The van der Waals surface area contributed by atoms with Crippen molar-refractivity contribution in [3.63, 3.8) is 0 Å². The molecular weight excluding hydrogens is 428 g/mol. The average molecular weight is 447 g/mol. The fourth-order valence-electron chi connectivity index (χ4n) is 3.34. The smallest absolute Gasteiger partial charge is 0.234 e. The number of fused-ring (bicyclic) bond motifs is 1. The summed E-state index contributed by atoms with van der Waals surface area (Å²) in [6, 6.07) is 21.6. The molecule has 2 aromatic carbocycles. The number of hydrogen-bond acceptors (Lipinski definition) is 6. The number of benzene rings is 2. The minimum absolute atomic E-state index is 0.0911. The monoisotopic (exact) mass is 446 g/mol. The van der Waals surface area contributed by atoms with Crippen LogP contribution >= 0.6 is 23.1 Å². The van der Waals surface area contributed by atoms with Crippen molar-refractivity contribution in [2.24, 2.45) is 0 Å². The van der Waals surface area contributed by atoms with E-state index >= 15 is 0 Å². The summed E-state index contributed by atoms with van der Waals surface area (Å²) < 4.78 is 7.50. The third kappa shape index (κ3) is 4.26. The molecule has 0 saturated carbocycles. The highest BCUT2D eigenvalue weighted by Gasteiger charge is 2.18. The lowest BCUT2D eigenvalue weighted by atomic mass is 10.1. The highest BCUT2D eigenvalue weighted by atomic mass is 32.2. The topological polar surface area (TPSA) is 73.0 Å². The lowest BCUT2D eigenvalue weighted by Gasteiger charge is -2.10. The van der Waals surface area contributed by atoms with Gasteiger partial charge in [-0.1, -0.05) is 54.2 Å². The molecule has 0 radical (unpaired) electrons. The zero-order valence-corrected chi connectivity index (χ0v) is 18.0. The number of nitrogens with one attached hydrogen (secondary N) is 1. The van der Waals surface area contributed by atoms with Crippen molar-refractivity contribution in [3.8, 4) is 10.7 Å². The van der Waals surface area contributed by atoms with Gasteiger partial charge < -0.3 is 9.73 Å². The van der Waals surface area contributed by atoms with Crippen LogP contribution in [-0.2, 0) is 11.3 Å². The lowest BCUT2D eigenvalue weighted by Crippen LogP contribution is -2.15. The maximum atomic E-state index is 12.7. The number of carbonyl (C=O) groups excluding carboxylic acids is 1. The summed E-state index contributed by atoms with van der Waals surface area (Å²) >= 11 is 2.96. The van der Waals surface area contributed by atoms with Gasteiger partial charge in [-0.25, -0.2) is 0 Å². The van der Waals surface area contributed by atoms with Gasteiger partial charge in [-0.15, -0.1) is 21.5 Å². The third-order valence-corrected chi connectivity index (χ3v) is 6.58. The molecule has 1 amide bonds. The van der Waals surface area contributed by atoms with Gasteiger partial charge in [0.1, 0.15) is 5.76 Å². The Kier molecular flexibility index (Phi) is 5.56. The van der Waals surface area contributed by atoms with Crippen LogP contribution in [-0.4, -0.2) is 26.4 Å². The summed E-state index contributed by atoms with van der Waals surface area (Å²) in [4.78, 5) is 13.7. The van der Waals surface area contributed by atoms with Gasteiger partial charge in [-0.3, -0.25) is 9.36 Å². The van der Waals surface area contributed by atoms with Crippen molar-refractivity contribution in [3.05, 3.63) is 84.1 Å². The number of amides is 1. The first kappa shape index (κ1) is 19.6. The van der Waals surface area contributed by atoms with Gasteiger partial charge in [0.15, 0.2) is 11.0 Å². The second-order valence-corrected chi connectivity index (χ2v) is 8.70. The summed E-state index contributed by atoms with van der Waals surface area (Å²) in [5, 5.41) is 16.5. The maximum absolute atomic E-state index is 12.7. The molecule has 0 fully saturated rings. The quantitative estimate of drug-likeness (QED) is 0.333. The first-order chi connectivity index (χ1) is 15.3. The standard InChI is InChI=1S/C23H18N4O2S2/c28-21(24-19-10-3-7-16-6-1-2-9-18(16)19)15-31-23-26-25-22(20-11-5-13-30-20)27(23)14-17-8-4-12-29-17/h1-13H,14-15H2,(H,24,28). The third-order valence-electron chi connectivity index (χ3n) is 4.75. The Morgan fingerprint density at radius 3 is 2.77 bits per heavy atom. The maximum Gasteiger partial charge on any atom is 0.234 e. The molecule has 5 aromatic rings. The van der Waals surface area contributed by atoms with Crippen LogP contribution in [0.2, 0.25) is 0 Å². The van der Waals surface area contributed by atoms with E-state index in [1.807, 2.05) is 76.7 Å². The van der Waals surface area contributed by atoms with Crippen LogP contribution in [0.5, 0.6) is 0 Å². The summed E-state index contributed by atoms with van der Waals surface area (Å²) in [5.41, 5.74) is 0.806. The molecule has 0 atom stereocenters. The number of rotatable bonds is 7. The zero-order chi connectivity index (χ0) is 21.0. The van der Waals surface area contributed by atoms with Gasteiger partial charge in [0.25, 0.3) is 0 Å². The number of hydrogen-bond donors (Lipinski definition) is 1.